The van der Waals surface area contributed by atoms with Gasteiger partial charge in [0.2, 0.25) is 0 Å². The predicted octanol–water partition coefficient (Wildman–Crippen LogP) is 5.03. The molecule has 0 unspecified atom stereocenters. The highest BCUT2D eigenvalue weighted by Gasteiger charge is 2.15. The van der Waals surface area contributed by atoms with Crippen LogP contribution in [-0.4, -0.2) is 12.5 Å². The van der Waals surface area contributed by atoms with Crippen molar-refractivity contribution >= 4 is 34.8 Å². The number of anilines is 1. The molecule has 1 amide bonds. The maximum atomic E-state index is 12.4. The summed E-state index contributed by atoms with van der Waals surface area (Å²) in [5.41, 5.74) is 0.845. The number of amides is 1. The van der Waals surface area contributed by atoms with Gasteiger partial charge in [-0.25, -0.2) is 0 Å². The van der Waals surface area contributed by atoms with Crippen LogP contribution in [0.4, 0.5) is 5.69 Å². The van der Waals surface area contributed by atoms with Gasteiger partial charge < -0.3 is 10.1 Å². The van der Waals surface area contributed by atoms with Crippen LogP contribution in [0.2, 0.25) is 10.0 Å². The molecule has 0 aromatic heterocycles. The molecule has 0 saturated carbocycles. The number of benzene rings is 2. The lowest BCUT2D eigenvalue weighted by Crippen LogP contribution is -2.14. The second-order valence-electron chi connectivity index (χ2n) is 4.40. The minimum atomic E-state index is -0.309. The summed E-state index contributed by atoms with van der Waals surface area (Å²) in [6, 6.07) is 12.1. The lowest BCUT2D eigenvalue weighted by atomic mass is 10.2. The predicted molar refractivity (Wildman–Crippen MR) is 86.6 cm³/mol. The molecule has 0 aliphatic carbocycles. The highest BCUT2D eigenvalue weighted by molar-refractivity contribution is 6.40. The van der Waals surface area contributed by atoms with Gasteiger partial charge in [0.05, 0.1) is 27.9 Å². The first-order valence-corrected chi connectivity index (χ1v) is 7.36. The number of halogens is 2. The summed E-state index contributed by atoms with van der Waals surface area (Å²) in [7, 11) is 0. The summed E-state index contributed by atoms with van der Waals surface area (Å²) < 4.78 is 5.58. The molecular formula is C16H15Cl2NO2. The van der Waals surface area contributed by atoms with Crippen molar-refractivity contribution in [3.63, 3.8) is 0 Å². The van der Waals surface area contributed by atoms with E-state index in [-0.39, 0.29) is 5.91 Å². The van der Waals surface area contributed by atoms with Crippen molar-refractivity contribution in [1.29, 1.82) is 0 Å². The molecule has 0 heterocycles. The lowest BCUT2D eigenvalue weighted by Gasteiger charge is -2.12. The first kappa shape index (κ1) is 15.7. The fraction of sp³-hybridized carbons (Fsp3) is 0.188. The molecule has 5 heteroatoms. The van der Waals surface area contributed by atoms with Gasteiger partial charge >= 0.3 is 0 Å². The molecule has 2 aromatic carbocycles. The van der Waals surface area contributed by atoms with Crippen LogP contribution in [0, 0.1) is 0 Å². The first-order chi connectivity index (χ1) is 10.1. The Bertz CT molecular complexity index is 624. The Morgan fingerprint density at radius 1 is 1.10 bits per heavy atom. The van der Waals surface area contributed by atoms with E-state index in [1.165, 1.54) is 0 Å². The maximum absolute atomic E-state index is 12.4. The number of para-hydroxylation sites is 2. The molecule has 0 radical (unpaired) electrons. The first-order valence-electron chi connectivity index (χ1n) is 6.60. The van der Waals surface area contributed by atoms with Crippen molar-refractivity contribution in [2.24, 2.45) is 0 Å². The highest BCUT2D eigenvalue weighted by atomic mass is 35.5. The molecule has 0 fully saturated rings. The van der Waals surface area contributed by atoms with Gasteiger partial charge in [0.1, 0.15) is 5.75 Å². The molecule has 0 aliphatic rings. The van der Waals surface area contributed by atoms with E-state index in [4.69, 9.17) is 27.9 Å². The lowest BCUT2D eigenvalue weighted by molar-refractivity contribution is 0.102. The van der Waals surface area contributed by atoms with Crippen molar-refractivity contribution in [1.82, 2.24) is 0 Å². The van der Waals surface area contributed by atoms with Gasteiger partial charge in [-0.2, -0.15) is 0 Å². The van der Waals surface area contributed by atoms with E-state index >= 15 is 0 Å². The summed E-state index contributed by atoms with van der Waals surface area (Å²) in [5, 5.41) is 3.51. The smallest absolute Gasteiger partial charge is 0.259 e. The Morgan fingerprint density at radius 3 is 2.43 bits per heavy atom. The summed E-state index contributed by atoms with van der Waals surface area (Å²) in [6.07, 6.45) is 0.867. The Balaban J connectivity index is 2.25. The Morgan fingerprint density at radius 2 is 1.76 bits per heavy atom. The second kappa shape index (κ2) is 7.34. The molecule has 0 atom stereocenters. The monoisotopic (exact) mass is 323 g/mol. The molecule has 0 bridgehead atoms. The van der Waals surface area contributed by atoms with Gasteiger partial charge in [-0.05, 0) is 30.7 Å². The number of carbonyl (C=O) groups is 1. The average molecular weight is 324 g/mol. The molecule has 0 aliphatic heterocycles. The zero-order chi connectivity index (χ0) is 15.2. The van der Waals surface area contributed by atoms with E-state index in [0.29, 0.717) is 33.7 Å². The van der Waals surface area contributed by atoms with E-state index in [0.717, 1.165) is 6.42 Å². The molecule has 21 heavy (non-hydrogen) atoms. The third-order valence-corrected chi connectivity index (χ3v) is 3.42. The SMILES string of the molecule is CCCOc1ccccc1C(=O)Nc1c(Cl)cccc1Cl. The Kier molecular flexibility index (Phi) is 5.48. The van der Waals surface area contributed by atoms with Crippen LogP contribution < -0.4 is 10.1 Å². The fourth-order valence-electron chi connectivity index (χ4n) is 1.79. The van der Waals surface area contributed by atoms with Crippen molar-refractivity contribution in [2.45, 2.75) is 13.3 Å². The summed E-state index contributed by atoms with van der Waals surface area (Å²) in [5.74, 6) is 0.233. The van der Waals surface area contributed by atoms with Gasteiger partial charge in [-0.3, -0.25) is 4.79 Å². The number of ether oxygens (including phenoxy) is 1. The van der Waals surface area contributed by atoms with Crippen molar-refractivity contribution in [2.75, 3.05) is 11.9 Å². The minimum Gasteiger partial charge on any atom is -0.493 e. The van der Waals surface area contributed by atoms with E-state index in [9.17, 15) is 4.79 Å². The third kappa shape index (κ3) is 3.90. The zero-order valence-corrected chi connectivity index (χ0v) is 13.0. The highest BCUT2D eigenvalue weighted by Crippen LogP contribution is 2.31. The molecule has 2 rings (SSSR count). The number of nitrogens with one attached hydrogen (secondary N) is 1. The van der Waals surface area contributed by atoms with E-state index in [2.05, 4.69) is 5.32 Å². The topological polar surface area (TPSA) is 38.3 Å². The Labute approximate surface area is 133 Å². The molecule has 0 saturated heterocycles. The van der Waals surface area contributed by atoms with Gasteiger partial charge in [0.25, 0.3) is 5.91 Å². The van der Waals surface area contributed by atoms with Crippen LogP contribution in [0.25, 0.3) is 0 Å². The van der Waals surface area contributed by atoms with Gasteiger partial charge in [-0.1, -0.05) is 48.3 Å². The molecule has 110 valence electrons. The second-order valence-corrected chi connectivity index (χ2v) is 5.21. The normalized spacial score (nSPS) is 10.2. The fourth-order valence-corrected chi connectivity index (χ4v) is 2.28. The maximum Gasteiger partial charge on any atom is 0.259 e. The summed E-state index contributed by atoms with van der Waals surface area (Å²) in [6.45, 7) is 2.56. The number of rotatable bonds is 5. The van der Waals surface area contributed by atoms with Crippen LogP contribution in [0.5, 0.6) is 5.75 Å². The number of hydrogen-bond donors (Lipinski definition) is 1. The van der Waals surface area contributed by atoms with Crippen molar-refractivity contribution in [3.05, 3.63) is 58.1 Å². The van der Waals surface area contributed by atoms with E-state index in [1.54, 1.807) is 36.4 Å². The van der Waals surface area contributed by atoms with Crippen LogP contribution >= 0.6 is 23.2 Å². The van der Waals surface area contributed by atoms with Crippen molar-refractivity contribution < 1.29 is 9.53 Å². The zero-order valence-electron chi connectivity index (χ0n) is 11.5. The molecule has 3 nitrogen and oxygen atoms in total. The number of carbonyl (C=O) groups excluding carboxylic acids is 1. The van der Waals surface area contributed by atoms with Crippen LogP contribution in [-0.2, 0) is 0 Å². The van der Waals surface area contributed by atoms with Crippen LogP contribution in [0.1, 0.15) is 23.7 Å². The third-order valence-electron chi connectivity index (χ3n) is 2.79. The molecule has 1 N–H and O–H groups in total. The van der Waals surface area contributed by atoms with E-state index < -0.39 is 0 Å². The van der Waals surface area contributed by atoms with Gasteiger partial charge in [0.15, 0.2) is 0 Å². The number of hydrogen-bond acceptors (Lipinski definition) is 2. The van der Waals surface area contributed by atoms with Gasteiger partial charge in [0, 0.05) is 0 Å². The minimum absolute atomic E-state index is 0.309. The van der Waals surface area contributed by atoms with Gasteiger partial charge in [-0.15, -0.1) is 0 Å². The average Bonchev–Trinajstić information content (AvgIpc) is 2.49. The van der Waals surface area contributed by atoms with Crippen LogP contribution in [0.15, 0.2) is 42.5 Å². The standard InChI is InChI=1S/C16H15Cl2NO2/c1-2-10-21-14-9-4-3-6-11(14)16(20)19-15-12(17)7-5-8-13(15)18/h3-9H,2,10H2,1H3,(H,19,20). The molecular weight excluding hydrogens is 309 g/mol. The summed E-state index contributed by atoms with van der Waals surface area (Å²) >= 11 is 12.1. The molecule has 0 spiro atoms. The Hall–Kier alpha value is -1.71. The van der Waals surface area contributed by atoms with Crippen LogP contribution in [0.3, 0.4) is 0 Å². The summed E-state index contributed by atoms with van der Waals surface area (Å²) in [4.78, 5) is 12.4. The largest absolute Gasteiger partial charge is 0.493 e. The quantitative estimate of drug-likeness (QED) is 0.837. The molecule has 2 aromatic rings. The van der Waals surface area contributed by atoms with Crippen molar-refractivity contribution in [3.8, 4) is 5.75 Å². The van der Waals surface area contributed by atoms with E-state index in [1.807, 2.05) is 13.0 Å².